The van der Waals surface area contributed by atoms with Crippen LogP contribution in [0.1, 0.15) is 41.7 Å². The van der Waals surface area contributed by atoms with Crippen molar-refractivity contribution in [1.29, 1.82) is 0 Å². The minimum Gasteiger partial charge on any atom is -0.477 e. The molecule has 5 rings (SSSR count). The monoisotopic (exact) mass is 579 g/mol. The number of hydrogen-bond donors (Lipinski definition) is 4. The van der Waals surface area contributed by atoms with E-state index < -0.39 is 24.1 Å². The maximum absolute atomic E-state index is 13.1. The van der Waals surface area contributed by atoms with Crippen molar-refractivity contribution in [2.75, 3.05) is 11.9 Å². The lowest BCUT2D eigenvalue weighted by Crippen LogP contribution is -2.46. The SMILES string of the molecule is NC(=O)c1c(Cl)c(-c2ccccc2)n2c1CN(C(=O)Nc1ccc(OC(NC(=O)C3CCCC3)C(=O)O)cc1)CC2. The number of nitrogens with two attached hydrogens (primary N) is 1. The van der Waals surface area contributed by atoms with Crippen molar-refractivity contribution in [3.05, 3.63) is 70.9 Å². The number of hydrogen-bond acceptors (Lipinski definition) is 5. The summed E-state index contributed by atoms with van der Waals surface area (Å²) in [6, 6.07) is 15.2. The third-order valence-corrected chi connectivity index (χ3v) is 7.78. The molecule has 214 valence electrons. The molecule has 1 saturated carbocycles. The van der Waals surface area contributed by atoms with E-state index in [4.69, 9.17) is 22.1 Å². The van der Waals surface area contributed by atoms with Crippen LogP contribution in [0.5, 0.6) is 5.75 Å². The van der Waals surface area contributed by atoms with Gasteiger partial charge < -0.3 is 35.7 Å². The predicted octanol–water partition coefficient (Wildman–Crippen LogP) is 4.05. The van der Waals surface area contributed by atoms with Crippen molar-refractivity contribution in [2.45, 2.75) is 45.0 Å². The first-order chi connectivity index (χ1) is 19.7. The van der Waals surface area contributed by atoms with Crippen LogP contribution in [-0.2, 0) is 22.7 Å². The fourth-order valence-corrected chi connectivity index (χ4v) is 5.77. The first-order valence-electron chi connectivity index (χ1n) is 13.3. The molecule has 1 aliphatic heterocycles. The first kappa shape index (κ1) is 28.0. The van der Waals surface area contributed by atoms with Gasteiger partial charge >= 0.3 is 12.0 Å². The summed E-state index contributed by atoms with van der Waals surface area (Å²) in [7, 11) is 0. The Kier molecular flexibility index (Phi) is 8.16. The third kappa shape index (κ3) is 5.99. The Balaban J connectivity index is 1.25. The topological polar surface area (TPSA) is 156 Å². The highest BCUT2D eigenvalue weighted by Gasteiger charge is 2.32. The highest BCUT2D eigenvalue weighted by Crippen LogP contribution is 2.38. The summed E-state index contributed by atoms with van der Waals surface area (Å²) in [6.07, 6.45) is 1.84. The number of ether oxygens (including phenoxy) is 1. The highest BCUT2D eigenvalue weighted by atomic mass is 35.5. The van der Waals surface area contributed by atoms with Gasteiger partial charge in [0.15, 0.2) is 0 Å². The van der Waals surface area contributed by atoms with Gasteiger partial charge in [-0.3, -0.25) is 9.59 Å². The molecule has 5 N–H and O–H groups in total. The molecule has 1 unspecified atom stereocenters. The van der Waals surface area contributed by atoms with Gasteiger partial charge in [-0.25, -0.2) is 9.59 Å². The Morgan fingerprint density at radius 1 is 1.00 bits per heavy atom. The Morgan fingerprint density at radius 2 is 1.68 bits per heavy atom. The maximum atomic E-state index is 13.1. The summed E-state index contributed by atoms with van der Waals surface area (Å²) >= 11 is 6.63. The lowest BCUT2D eigenvalue weighted by atomic mass is 10.1. The van der Waals surface area contributed by atoms with Crippen LogP contribution in [0, 0.1) is 5.92 Å². The Labute approximate surface area is 241 Å². The number of carbonyl (C=O) groups is 4. The number of fused-ring (bicyclic) bond motifs is 1. The van der Waals surface area contributed by atoms with Crippen LogP contribution in [0.15, 0.2) is 54.6 Å². The minimum atomic E-state index is -1.53. The van der Waals surface area contributed by atoms with E-state index in [9.17, 15) is 24.3 Å². The number of aromatic nitrogens is 1. The number of carboxylic acids is 1. The Hall–Kier alpha value is -4.51. The van der Waals surface area contributed by atoms with Crippen molar-refractivity contribution in [3.8, 4) is 17.0 Å². The van der Waals surface area contributed by atoms with Crippen molar-refractivity contribution in [1.82, 2.24) is 14.8 Å². The molecule has 0 saturated heterocycles. The summed E-state index contributed by atoms with van der Waals surface area (Å²) < 4.78 is 7.42. The molecule has 2 aromatic carbocycles. The van der Waals surface area contributed by atoms with Gasteiger partial charge in [0, 0.05) is 24.7 Å². The molecule has 1 fully saturated rings. The van der Waals surface area contributed by atoms with Crippen molar-refractivity contribution in [2.24, 2.45) is 11.7 Å². The number of amides is 4. The van der Waals surface area contributed by atoms with Crippen LogP contribution >= 0.6 is 11.6 Å². The second kappa shape index (κ2) is 11.9. The molecule has 1 aromatic heterocycles. The molecule has 11 nitrogen and oxygen atoms in total. The van der Waals surface area contributed by atoms with Crippen LogP contribution in [0.25, 0.3) is 11.3 Å². The average Bonchev–Trinajstić information content (AvgIpc) is 3.60. The predicted molar refractivity (Wildman–Crippen MR) is 151 cm³/mol. The van der Waals surface area contributed by atoms with E-state index in [1.165, 1.54) is 12.1 Å². The number of benzene rings is 2. The second-order valence-corrected chi connectivity index (χ2v) is 10.4. The van der Waals surface area contributed by atoms with E-state index in [1.54, 1.807) is 17.0 Å². The third-order valence-electron chi connectivity index (χ3n) is 7.41. The molecule has 0 bridgehead atoms. The largest absolute Gasteiger partial charge is 0.477 e. The second-order valence-electron chi connectivity index (χ2n) is 10.1. The lowest BCUT2D eigenvalue weighted by Gasteiger charge is -2.30. The highest BCUT2D eigenvalue weighted by molar-refractivity contribution is 6.36. The quantitative estimate of drug-likeness (QED) is 0.295. The number of carbonyl (C=O) groups excluding carboxylic acids is 3. The molecule has 2 aliphatic rings. The summed E-state index contributed by atoms with van der Waals surface area (Å²) in [5, 5.41) is 15.0. The number of aliphatic carboxylic acids is 1. The van der Waals surface area contributed by atoms with Crippen molar-refractivity contribution >= 4 is 41.1 Å². The van der Waals surface area contributed by atoms with E-state index in [0.717, 1.165) is 31.2 Å². The number of urea groups is 1. The van der Waals surface area contributed by atoms with E-state index >= 15 is 0 Å². The molecular weight excluding hydrogens is 550 g/mol. The number of nitrogens with one attached hydrogen (secondary N) is 2. The van der Waals surface area contributed by atoms with Gasteiger partial charge in [-0.15, -0.1) is 0 Å². The molecule has 2 heterocycles. The molecule has 12 heteroatoms. The van der Waals surface area contributed by atoms with Gasteiger partial charge in [0.25, 0.3) is 12.1 Å². The molecule has 41 heavy (non-hydrogen) atoms. The van der Waals surface area contributed by atoms with E-state index in [2.05, 4.69) is 10.6 Å². The Bertz CT molecular complexity index is 1470. The number of rotatable bonds is 8. The van der Waals surface area contributed by atoms with Gasteiger partial charge in [-0.05, 0) is 42.7 Å². The minimum absolute atomic E-state index is 0.124. The molecule has 0 spiro atoms. The van der Waals surface area contributed by atoms with Crippen LogP contribution in [0.3, 0.4) is 0 Å². The summed E-state index contributed by atoms with van der Waals surface area (Å²) in [4.78, 5) is 51.0. The lowest BCUT2D eigenvalue weighted by molar-refractivity contribution is -0.150. The number of anilines is 1. The van der Waals surface area contributed by atoms with Gasteiger partial charge in [-0.1, -0.05) is 54.8 Å². The molecule has 3 aromatic rings. The van der Waals surface area contributed by atoms with Gasteiger partial charge in [0.1, 0.15) is 5.75 Å². The van der Waals surface area contributed by atoms with Gasteiger partial charge in [0.2, 0.25) is 5.91 Å². The molecule has 4 amide bonds. The van der Waals surface area contributed by atoms with Crippen LogP contribution in [0.4, 0.5) is 10.5 Å². The van der Waals surface area contributed by atoms with Gasteiger partial charge in [-0.2, -0.15) is 0 Å². The van der Waals surface area contributed by atoms with Crippen LogP contribution < -0.4 is 21.1 Å². The summed E-state index contributed by atoms with van der Waals surface area (Å²) in [6.45, 7) is 0.902. The molecule has 0 radical (unpaired) electrons. The first-order valence-corrected chi connectivity index (χ1v) is 13.7. The zero-order valence-electron chi connectivity index (χ0n) is 22.1. The zero-order chi connectivity index (χ0) is 29.1. The normalized spacial score (nSPS) is 15.6. The molecule has 1 atom stereocenters. The van der Waals surface area contributed by atoms with E-state index in [-0.39, 0.29) is 34.7 Å². The maximum Gasteiger partial charge on any atom is 0.366 e. The number of nitrogens with zero attached hydrogens (tertiary/aromatic N) is 2. The summed E-state index contributed by atoms with van der Waals surface area (Å²) in [5.41, 5.74) is 8.40. The summed E-state index contributed by atoms with van der Waals surface area (Å²) in [5.74, 6) is -2.29. The smallest absolute Gasteiger partial charge is 0.366 e. The standard InChI is InChI=1S/C29H30ClN5O6/c30-23-22(25(31)36)21-16-34(14-15-35(21)24(23)17-6-2-1-3-7-17)29(40)32-19-10-12-20(13-11-19)41-27(28(38)39)33-26(37)18-8-4-5-9-18/h1-3,6-7,10-13,18,27H,4-5,8-9,14-16H2,(H2,31,36)(H,32,40)(H,33,37)(H,38,39). The zero-order valence-corrected chi connectivity index (χ0v) is 22.9. The van der Waals surface area contributed by atoms with E-state index in [1.807, 2.05) is 34.9 Å². The number of halogens is 1. The number of primary amides is 1. The molecule has 1 aliphatic carbocycles. The average molecular weight is 580 g/mol. The Morgan fingerprint density at radius 3 is 2.32 bits per heavy atom. The van der Waals surface area contributed by atoms with Crippen molar-refractivity contribution in [3.63, 3.8) is 0 Å². The van der Waals surface area contributed by atoms with Crippen LogP contribution in [0.2, 0.25) is 5.02 Å². The number of carboxylic acid groups (broad SMARTS) is 1. The molecular formula is C29H30ClN5O6. The fourth-order valence-electron chi connectivity index (χ4n) is 5.36. The fraction of sp³-hybridized carbons (Fsp3) is 0.310. The van der Waals surface area contributed by atoms with E-state index in [0.29, 0.717) is 30.2 Å². The van der Waals surface area contributed by atoms with Crippen LogP contribution in [-0.4, -0.2) is 51.2 Å². The van der Waals surface area contributed by atoms with Crippen molar-refractivity contribution < 1.29 is 29.0 Å². The van der Waals surface area contributed by atoms with Gasteiger partial charge in [0.05, 0.1) is 28.5 Å².